The molecule has 139 valence electrons. The molecule has 0 fully saturated rings. The predicted octanol–water partition coefficient (Wildman–Crippen LogP) is 8.73. The summed E-state index contributed by atoms with van der Waals surface area (Å²) in [6.45, 7) is 11.2. The minimum Gasteiger partial charge on any atom is -0.0885 e. The Kier molecular flexibility index (Phi) is 17.7. The monoisotopic (exact) mass is 387 g/mol. The fourth-order valence-electron chi connectivity index (χ4n) is 3.30. The summed E-state index contributed by atoms with van der Waals surface area (Å²) in [7, 11) is 0. The van der Waals surface area contributed by atoms with E-state index in [1.54, 1.807) is 0 Å². The minimum absolute atomic E-state index is 0.576. The molecule has 2 atom stereocenters. The second kappa shape index (κ2) is 17.3. The van der Waals surface area contributed by atoms with E-state index in [0.717, 1.165) is 0 Å². The normalized spacial score (nSPS) is 14.3. The summed E-state index contributed by atoms with van der Waals surface area (Å²) >= 11 is 3.79. The van der Waals surface area contributed by atoms with E-state index in [0.29, 0.717) is 16.7 Å². The van der Waals surface area contributed by atoms with Crippen molar-refractivity contribution in [2.24, 2.45) is 11.8 Å². The number of hydrogen-bond donors (Lipinski definition) is 0. The Labute approximate surface area is 156 Å². The molecule has 0 aromatic carbocycles. The van der Waals surface area contributed by atoms with Crippen molar-refractivity contribution < 1.29 is 0 Å². The van der Waals surface area contributed by atoms with Gasteiger partial charge in [-0.1, -0.05) is 127 Å². The van der Waals surface area contributed by atoms with E-state index in [-0.39, 0.29) is 0 Å². The molecule has 1 radical (unpaired) electrons. The molecule has 0 amide bonds. The molecule has 0 aliphatic carbocycles. The predicted molar refractivity (Wildman–Crippen MR) is 111 cm³/mol. The van der Waals surface area contributed by atoms with E-state index in [2.05, 4.69) is 43.6 Å². The van der Waals surface area contributed by atoms with Crippen LogP contribution in [0.3, 0.4) is 0 Å². The number of rotatable bonds is 17. The molecule has 0 aliphatic rings. The van der Waals surface area contributed by atoms with Gasteiger partial charge < -0.3 is 0 Å². The second-order valence-electron chi connectivity index (χ2n) is 7.83. The molecule has 2 unspecified atom stereocenters. The first kappa shape index (κ1) is 23.5. The van der Waals surface area contributed by atoms with E-state index >= 15 is 0 Å². The number of unbranched alkanes of at least 4 members (excludes halogenated alkanes) is 13. The molecule has 0 saturated heterocycles. The van der Waals surface area contributed by atoms with Crippen LogP contribution in [0.25, 0.3) is 0 Å². The summed E-state index contributed by atoms with van der Waals surface area (Å²) in [4.78, 5) is 0.587. The van der Waals surface area contributed by atoms with Crippen LogP contribution in [0.15, 0.2) is 0 Å². The van der Waals surface area contributed by atoms with Gasteiger partial charge in [0.15, 0.2) is 0 Å². The van der Waals surface area contributed by atoms with E-state index in [9.17, 15) is 0 Å². The highest BCUT2D eigenvalue weighted by molar-refractivity contribution is 9.09. The molecule has 0 aliphatic heterocycles. The second-order valence-corrected chi connectivity index (χ2v) is 8.89. The summed E-state index contributed by atoms with van der Waals surface area (Å²) in [5, 5.41) is 0. The largest absolute Gasteiger partial charge is 0.0885 e. The first-order valence-corrected chi connectivity index (χ1v) is 11.5. The van der Waals surface area contributed by atoms with Crippen LogP contribution in [0.5, 0.6) is 0 Å². The Bertz CT molecular complexity index is 224. The highest BCUT2D eigenvalue weighted by Gasteiger charge is 2.16. The van der Waals surface area contributed by atoms with Gasteiger partial charge in [-0.3, -0.25) is 0 Å². The van der Waals surface area contributed by atoms with E-state index in [4.69, 9.17) is 0 Å². The quantitative estimate of drug-likeness (QED) is 0.173. The van der Waals surface area contributed by atoms with Gasteiger partial charge in [-0.05, 0) is 25.2 Å². The molecule has 0 saturated carbocycles. The van der Waals surface area contributed by atoms with Crippen LogP contribution >= 0.6 is 15.9 Å². The van der Waals surface area contributed by atoms with Crippen molar-refractivity contribution >= 4 is 15.9 Å². The zero-order valence-electron chi connectivity index (χ0n) is 16.4. The molecule has 1 heteroatoms. The molecule has 0 aromatic rings. The van der Waals surface area contributed by atoms with E-state index < -0.39 is 0 Å². The van der Waals surface area contributed by atoms with Crippen LogP contribution in [-0.2, 0) is 0 Å². The van der Waals surface area contributed by atoms with Gasteiger partial charge in [0.05, 0.1) is 0 Å². The molecular weight excluding hydrogens is 344 g/mol. The number of halogens is 1. The SMILES string of the molecule is [CH2]C(CCCCCCCCCCCCCCCC)C(Br)C(C)C. The molecular formula is C22H44Br. The van der Waals surface area contributed by atoms with E-state index in [1.165, 1.54) is 96.3 Å². The first-order chi connectivity index (χ1) is 11.1. The van der Waals surface area contributed by atoms with Crippen LogP contribution < -0.4 is 0 Å². The van der Waals surface area contributed by atoms with Gasteiger partial charge in [-0.2, -0.15) is 0 Å². The Hall–Kier alpha value is 0.480. The molecule has 0 heterocycles. The lowest BCUT2D eigenvalue weighted by Gasteiger charge is -2.21. The molecule has 23 heavy (non-hydrogen) atoms. The van der Waals surface area contributed by atoms with Crippen molar-refractivity contribution in [3.8, 4) is 0 Å². The topological polar surface area (TPSA) is 0 Å². The van der Waals surface area contributed by atoms with Crippen molar-refractivity contribution in [1.29, 1.82) is 0 Å². The molecule has 0 N–H and O–H groups in total. The lowest BCUT2D eigenvalue weighted by atomic mass is 9.93. The van der Waals surface area contributed by atoms with Crippen molar-refractivity contribution in [2.75, 3.05) is 0 Å². The highest BCUT2D eigenvalue weighted by atomic mass is 79.9. The Morgan fingerprint density at radius 3 is 1.35 bits per heavy atom. The van der Waals surface area contributed by atoms with Gasteiger partial charge in [0.1, 0.15) is 0 Å². The third kappa shape index (κ3) is 15.7. The lowest BCUT2D eigenvalue weighted by molar-refractivity contribution is 0.446. The zero-order chi connectivity index (χ0) is 17.3. The highest BCUT2D eigenvalue weighted by Crippen LogP contribution is 2.25. The molecule has 0 bridgehead atoms. The standard InChI is InChI=1S/C22H44Br/c1-5-6-7-8-9-10-11-12-13-14-15-16-17-18-19-21(4)22(23)20(2)3/h20-22H,4-19H2,1-3H3. The molecule has 0 nitrogen and oxygen atoms in total. The average Bonchev–Trinajstić information content (AvgIpc) is 2.54. The molecule has 0 spiro atoms. The van der Waals surface area contributed by atoms with Crippen molar-refractivity contribution in [3.05, 3.63) is 6.92 Å². The van der Waals surface area contributed by atoms with E-state index in [1.807, 2.05) is 0 Å². The fraction of sp³-hybridized carbons (Fsp3) is 0.955. The van der Waals surface area contributed by atoms with Gasteiger partial charge in [0.25, 0.3) is 0 Å². The summed E-state index contributed by atoms with van der Waals surface area (Å²) in [5.74, 6) is 1.27. The Morgan fingerprint density at radius 1 is 0.652 bits per heavy atom. The summed E-state index contributed by atoms with van der Waals surface area (Å²) in [5.41, 5.74) is 0. The number of hydrogen-bond acceptors (Lipinski definition) is 0. The smallest absolute Gasteiger partial charge is 0.0197 e. The van der Waals surface area contributed by atoms with Gasteiger partial charge in [-0.25, -0.2) is 0 Å². The minimum atomic E-state index is 0.576. The van der Waals surface area contributed by atoms with Crippen molar-refractivity contribution in [2.45, 2.75) is 122 Å². The van der Waals surface area contributed by atoms with Gasteiger partial charge in [-0.15, -0.1) is 0 Å². The summed E-state index contributed by atoms with van der Waals surface area (Å²) < 4.78 is 0. The van der Waals surface area contributed by atoms with Gasteiger partial charge in [0.2, 0.25) is 0 Å². The van der Waals surface area contributed by atoms with Crippen LogP contribution in [0.2, 0.25) is 0 Å². The molecule has 0 rings (SSSR count). The van der Waals surface area contributed by atoms with Crippen molar-refractivity contribution in [3.63, 3.8) is 0 Å². The zero-order valence-corrected chi connectivity index (χ0v) is 18.0. The summed E-state index contributed by atoms with van der Waals surface area (Å²) in [6, 6.07) is 0. The maximum atomic E-state index is 4.31. The average molecular weight is 388 g/mol. The third-order valence-corrected chi connectivity index (χ3v) is 6.82. The van der Waals surface area contributed by atoms with Crippen LogP contribution in [-0.4, -0.2) is 4.83 Å². The fourth-order valence-corrected chi connectivity index (χ4v) is 3.57. The summed E-state index contributed by atoms with van der Waals surface area (Å²) in [6.07, 6.45) is 21.4. The first-order valence-electron chi connectivity index (χ1n) is 10.6. The lowest BCUT2D eigenvalue weighted by Crippen LogP contribution is -2.17. The van der Waals surface area contributed by atoms with Crippen LogP contribution in [0.1, 0.15) is 117 Å². The van der Waals surface area contributed by atoms with Crippen LogP contribution in [0.4, 0.5) is 0 Å². The van der Waals surface area contributed by atoms with Crippen LogP contribution in [0, 0.1) is 18.8 Å². The van der Waals surface area contributed by atoms with Gasteiger partial charge >= 0.3 is 0 Å². The van der Waals surface area contributed by atoms with Gasteiger partial charge in [0, 0.05) is 4.83 Å². The maximum Gasteiger partial charge on any atom is 0.0197 e. The number of alkyl halides is 1. The van der Waals surface area contributed by atoms with Crippen molar-refractivity contribution in [1.82, 2.24) is 0 Å². The molecule has 0 aromatic heterocycles. The Balaban J connectivity index is 3.16. The Morgan fingerprint density at radius 2 is 1.00 bits per heavy atom. The third-order valence-electron chi connectivity index (χ3n) is 5.02. The maximum absolute atomic E-state index is 4.31.